The molecule has 1 amide bonds. The SMILES string of the molecule is CCN1c2cc(Cl)c(/C=N/NC(=O)COc3ccccc3[N+](=O)[O-])cc2C(C)CC1(C)C. The van der Waals surface area contributed by atoms with E-state index in [4.69, 9.17) is 16.3 Å². The molecule has 0 bridgehead atoms. The molecule has 0 fully saturated rings. The molecule has 3 rings (SSSR count). The van der Waals surface area contributed by atoms with Gasteiger partial charge in [-0.1, -0.05) is 30.7 Å². The highest BCUT2D eigenvalue weighted by atomic mass is 35.5. The standard InChI is InChI=1S/C23H27ClN4O4/c1-5-27-20-11-18(24)16(10-17(20)15(2)12-23(27,3)4)13-25-26-22(29)14-32-21-9-7-6-8-19(21)28(30)31/h6-11,13,15H,5,12,14H2,1-4H3,(H,26,29)/b25-13+. The van der Waals surface area contributed by atoms with Gasteiger partial charge in [0.25, 0.3) is 5.91 Å². The maximum atomic E-state index is 12.1. The van der Waals surface area contributed by atoms with E-state index < -0.39 is 17.4 Å². The van der Waals surface area contributed by atoms with Crippen molar-refractivity contribution in [1.29, 1.82) is 0 Å². The fourth-order valence-electron chi connectivity index (χ4n) is 4.30. The first kappa shape index (κ1) is 23.5. The second-order valence-electron chi connectivity index (χ2n) is 8.40. The number of rotatable bonds is 7. The van der Waals surface area contributed by atoms with E-state index in [-0.39, 0.29) is 17.0 Å². The number of hydrogen-bond acceptors (Lipinski definition) is 6. The van der Waals surface area contributed by atoms with Crippen LogP contribution in [-0.4, -0.2) is 35.7 Å². The zero-order chi connectivity index (χ0) is 23.5. The number of benzene rings is 2. The van der Waals surface area contributed by atoms with Gasteiger partial charge in [0.05, 0.1) is 16.2 Å². The van der Waals surface area contributed by atoms with Gasteiger partial charge in [-0.2, -0.15) is 5.10 Å². The first-order valence-corrected chi connectivity index (χ1v) is 10.8. The molecule has 1 atom stereocenters. The lowest BCUT2D eigenvalue weighted by molar-refractivity contribution is -0.385. The highest BCUT2D eigenvalue weighted by molar-refractivity contribution is 6.33. The Labute approximate surface area is 192 Å². The van der Waals surface area contributed by atoms with Crippen LogP contribution in [0.1, 0.15) is 51.2 Å². The van der Waals surface area contributed by atoms with Crippen molar-refractivity contribution in [2.24, 2.45) is 5.10 Å². The van der Waals surface area contributed by atoms with Crippen LogP contribution in [0.25, 0.3) is 0 Å². The van der Waals surface area contributed by atoms with Crippen LogP contribution >= 0.6 is 11.6 Å². The molecule has 0 radical (unpaired) electrons. The summed E-state index contributed by atoms with van der Waals surface area (Å²) >= 11 is 6.51. The number of fused-ring (bicyclic) bond motifs is 1. The molecule has 1 N–H and O–H groups in total. The van der Waals surface area contributed by atoms with Crippen molar-refractivity contribution in [1.82, 2.24) is 5.43 Å². The Kier molecular flexibility index (Phi) is 7.03. The first-order chi connectivity index (χ1) is 15.1. The van der Waals surface area contributed by atoms with Crippen molar-refractivity contribution >= 4 is 35.1 Å². The van der Waals surface area contributed by atoms with E-state index in [0.29, 0.717) is 16.5 Å². The van der Waals surface area contributed by atoms with Crippen LogP contribution in [-0.2, 0) is 4.79 Å². The van der Waals surface area contributed by atoms with Crippen molar-refractivity contribution in [2.75, 3.05) is 18.1 Å². The van der Waals surface area contributed by atoms with Gasteiger partial charge in [0.1, 0.15) is 0 Å². The number of hydrazone groups is 1. The van der Waals surface area contributed by atoms with Gasteiger partial charge in [-0.3, -0.25) is 14.9 Å². The van der Waals surface area contributed by atoms with E-state index in [0.717, 1.165) is 18.7 Å². The van der Waals surface area contributed by atoms with E-state index in [1.54, 1.807) is 6.07 Å². The van der Waals surface area contributed by atoms with Crippen LogP contribution in [0.3, 0.4) is 0 Å². The number of carbonyl (C=O) groups is 1. The monoisotopic (exact) mass is 458 g/mol. The Hall–Kier alpha value is -3.13. The number of amides is 1. The van der Waals surface area contributed by atoms with E-state index in [1.165, 1.54) is 30.0 Å². The van der Waals surface area contributed by atoms with Crippen molar-refractivity contribution in [3.8, 4) is 5.75 Å². The van der Waals surface area contributed by atoms with Crippen LogP contribution in [0.5, 0.6) is 5.75 Å². The summed E-state index contributed by atoms with van der Waals surface area (Å²) in [6, 6.07) is 9.84. The number of hydrogen-bond donors (Lipinski definition) is 1. The Morgan fingerprint density at radius 2 is 2.12 bits per heavy atom. The lowest BCUT2D eigenvalue weighted by Crippen LogP contribution is -2.48. The predicted octanol–water partition coefficient (Wildman–Crippen LogP) is 4.89. The minimum absolute atomic E-state index is 0.0201. The highest BCUT2D eigenvalue weighted by Crippen LogP contribution is 2.44. The minimum atomic E-state index is -0.564. The third kappa shape index (κ3) is 5.02. The third-order valence-corrected chi connectivity index (χ3v) is 5.96. The maximum absolute atomic E-state index is 12.1. The molecule has 1 unspecified atom stereocenters. The molecule has 32 heavy (non-hydrogen) atoms. The lowest BCUT2D eigenvalue weighted by Gasteiger charge is -2.47. The second kappa shape index (κ2) is 9.56. The number of nitro benzene ring substituents is 1. The van der Waals surface area contributed by atoms with Gasteiger partial charge >= 0.3 is 5.69 Å². The summed E-state index contributed by atoms with van der Waals surface area (Å²) in [5.41, 5.74) is 5.23. The van der Waals surface area contributed by atoms with Gasteiger partial charge in [-0.25, -0.2) is 5.43 Å². The molecule has 9 heteroatoms. The van der Waals surface area contributed by atoms with E-state index in [9.17, 15) is 14.9 Å². The second-order valence-corrected chi connectivity index (χ2v) is 8.81. The normalized spacial score (nSPS) is 17.2. The third-order valence-electron chi connectivity index (χ3n) is 5.63. The molecule has 0 spiro atoms. The van der Waals surface area contributed by atoms with Crippen LogP contribution in [0.4, 0.5) is 11.4 Å². The van der Waals surface area contributed by atoms with Crippen LogP contribution in [0.2, 0.25) is 5.02 Å². The molecule has 0 aromatic heterocycles. The number of ether oxygens (including phenoxy) is 1. The molecule has 1 aliphatic rings. The molecule has 170 valence electrons. The summed E-state index contributed by atoms with van der Waals surface area (Å²) in [5, 5.41) is 15.5. The summed E-state index contributed by atoms with van der Waals surface area (Å²) in [6.07, 6.45) is 2.51. The fraction of sp³-hybridized carbons (Fsp3) is 0.391. The minimum Gasteiger partial charge on any atom is -0.477 e. The highest BCUT2D eigenvalue weighted by Gasteiger charge is 2.35. The number of nitro groups is 1. The largest absolute Gasteiger partial charge is 0.477 e. The number of carbonyl (C=O) groups excluding carboxylic acids is 1. The Bertz CT molecular complexity index is 1050. The maximum Gasteiger partial charge on any atom is 0.310 e. The average molecular weight is 459 g/mol. The summed E-state index contributed by atoms with van der Waals surface area (Å²) < 4.78 is 5.26. The molecule has 1 aliphatic heterocycles. The van der Waals surface area contributed by atoms with Crippen molar-refractivity contribution in [3.05, 3.63) is 62.7 Å². The lowest BCUT2D eigenvalue weighted by atomic mass is 9.79. The summed E-state index contributed by atoms with van der Waals surface area (Å²) in [6.45, 7) is 9.28. The van der Waals surface area contributed by atoms with Gasteiger partial charge in [0.2, 0.25) is 0 Å². The molecular weight excluding hydrogens is 432 g/mol. The molecule has 0 saturated heterocycles. The van der Waals surface area contributed by atoms with Crippen LogP contribution in [0, 0.1) is 10.1 Å². The number of nitrogens with one attached hydrogen (secondary N) is 1. The van der Waals surface area contributed by atoms with Gasteiger partial charge in [-0.15, -0.1) is 0 Å². The Morgan fingerprint density at radius 3 is 2.81 bits per heavy atom. The van der Waals surface area contributed by atoms with Crippen LogP contribution < -0.4 is 15.1 Å². The smallest absolute Gasteiger partial charge is 0.310 e. The topological polar surface area (TPSA) is 97.1 Å². The van der Waals surface area contributed by atoms with Crippen molar-refractivity contribution in [2.45, 2.75) is 45.6 Å². The van der Waals surface area contributed by atoms with E-state index in [2.05, 4.69) is 43.1 Å². The molecule has 0 saturated carbocycles. The zero-order valence-electron chi connectivity index (χ0n) is 18.6. The van der Waals surface area contributed by atoms with Gasteiger partial charge < -0.3 is 9.64 Å². The summed E-state index contributed by atoms with van der Waals surface area (Å²) in [7, 11) is 0. The summed E-state index contributed by atoms with van der Waals surface area (Å²) in [4.78, 5) is 24.9. The number of para-hydroxylation sites is 2. The van der Waals surface area contributed by atoms with Gasteiger partial charge in [0, 0.05) is 29.4 Å². The first-order valence-electron chi connectivity index (χ1n) is 10.4. The van der Waals surface area contributed by atoms with Crippen molar-refractivity contribution in [3.63, 3.8) is 0 Å². The molecular formula is C23H27ClN4O4. The van der Waals surface area contributed by atoms with Gasteiger partial charge in [-0.05, 0) is 56.9 Å². The number of halogens is 1. The molecule has 8 nitrogen and oxygen atoms in total. The average Bonchev–Trinajstić information content (AvgIpc) is 2.73. The summed E-state index contributed by atoms with van der Waals surface area (Å²) in [5.74, 6) is -0.163. The Balaban J connectivity index is 1.68. The quantitative estimate of drug-likeness (QED) is 0.362. The van der Waals surface area contributed by atoms with Gasteiger partial charge in [0.15, 0.2) is 12.4 Å². The van der Waals surface area contributed by atoms with E-state index in [1.807, 2.05) is 12.1 Å². The molecule has 1 heterocycles. The van der Waals surface area contributed by atoms with Crippen LogP contribution in [0.15, 0.2) is 41.5 Å². The van der Waals surface area contributed by atoms with E-state index >= 15 is 0 Å². The number of anilines is 1. The molecule has 0 aliphatic carbocycles. The zero-order valence-corrected chi connectivity index (χ0v) is 19.3. The molecule has 2 aromatic carbocycles. The number of nitrogens with zero attached hydrogens (tertiary/aromatic N) is 3. The fourth-order valence-corrected chi connectivity index (χ4v) is 4.50. The molecule has 2 aromatic rings. The Morgan fingerprint density at radius 1 is 1.41 bits per heavy atom. The van der Waals surface area contributed by atoms with Crippen molar-refractivity contribution < 1.29 is 14.5 Å². The predicted molar refractivity (Wildman–Crippen MR) is 126 cm³/mol.